The van der Waals surface area contributed by atoms with Gasteiger partial charge in [0.2, 0.25) is 0 Å². The van der Waals surface area contributed by atoms with Crippen LogP contribution in [0.15, 0.2) is 158 Å². The summed E-state index contributed by atoms with van der Waals surface area (Å²) < 4.78 is 22.6. The first-order valence-corrected chi connectivity index (χ1v) is 31.6. The van der Waals surface area contributed by atoms with E-state index in [1.54, 1.807) is 0 Å². The van der Waals surface area contributed by atoms with Gasteiger partial charge in [-0.3, -0.25) is 9.59 Å². The molecule has 0 aromatic carbocycles. The molecule has 0 fully saturated rings. The third-order valence-electron chi connectivity index (χ3n) is 12.8. The molecule has 0 amide bonds. The van der Waals surface area contributed by atoms with E-state index in [0.29, 0.717) is 23.9 Å². The van der Waals surface area contributed by atoms with Crippen molar-refractivity contribution >= 4 is 17.9 Å². The van der Waals surface area contributed by atoms with Crippen molar-refractivity contribution in [3.63, 3.8) is 0 Å². The third kappa shape index (κ3) is 62.4. The van der Waals surface area contributed by atoms with Gasteiger partial charge in [-0.15, -0.1) is 0 Å². The highest BCUT2D eigenvalue weighted by Crippen LogP contribution is 2.15. The van der Waals surface area contributed by atoms with Crippen LogP contribution in [-0.2, 0) is 33.3 Å². The van der Waals surface area contributed by atoms with Crippen LogP contribution in [0.3, 0.4) is 0 Å². The molecule has 0 aromatic heterocycles. The van der Waals surface area contributed by atoms with E-state index >= 15 is 0 Å². The van der Waals surface area contributed by atoms with Crippen molar-refractivity contribution in [2.45, 2.75) is 232 Å². The number of quaternary nitrogens is 1. The van der Waals surface area contributed by atoms with Gasteiger partial charge < -0.3 is 33.3 Å². The number of likely N-dealkylation sites (N-methyl/N-ethyl adjacent to an activating group) is 1. The van der Waals surface area contributed by atoms with Crippen LogP contribution in [0.4, 0.5) is 0 Å². The number of allylic oxidation sites excluding steroid dienone is 26. The average Bonchev–Trinajstić information content (AvgIpc) is 3.44. The summed E-state index contributed by atoms with van der Waals surface area (Å²) in [6.45, 7) is 4.44. The highest BCUT2D eigenvalue weighted by atomic mass is 16.7. The predicted molar refractivity (Wildman–Crippen MR) is 342 cm³/mol. The molecule has 0 saturated carbocycles. The molecule has 2 atom stereocenters. The lowest BCUT2D eigenvalue weighted by Gasteiger charge is -2.26. The Bertz CT molecular complexity index is 1880. The van der Waals surface area contributed by atoms with Crippen LogP contribution in [0.25, 0.3) is 0 Å². The maximum absolute atomic E-state index is 12.9. The lowest BCUT2D eigenvalue weighted by Crippen LogP contribution is -2.44. The molecular weight excluding hydrogens is 1010 g/mol. The first-order valence-electron chi connectivity index (χ1n) is 31.6. The van der Waals surface area contributed by atoms with Crippen LogP contribution in [0.5, 0.6) is 0 Å². The lowest BCUT2D eigenvalue weighted by molar-refractivity contribution is -0.870. The van der Waals surface area contributed by atoms with Crippen molar-refractivity contribution < 1.29 is 42.9 Å². The van der Waals surface area contributed by atoms with E-state index in [4.69, 9.17) is 18.9 Å². The average molecular weight is 1120 g/mol. The van der Waals surface area contributed by atoms with E-state index in [1.807, 2.05) is 21.1 Å². The number of esters is 2. The second-order valence-electron chi connectivity index (χ2n) is 21.6. The Morgan fingerprint density at radius 2 is 0.667 bits per heavy atom. The fourth-order valence-corrected chi connectivity index (χ4v) is 7.99. The molecule has 456 valence electrons. The Labute approximate surface area is 495 Å². The zero-order valence-corrected chi connectivity index (χ0v) is 51.8. The topological polar surface area (TPSA) is 111 Å². The van der Waals surface area contributed by atoms with Crippen LogP contribution in [0.2, 0.25) is 0 Å². The van der Waals surface area contributed by atoms with Gasteiger partial charge in [0.15, 0.2) is 12.4 Å². The number of aliphatic carboxylic acids is 1. The largest absolute Gasteiger partial charge is 0.545 e. The monoisotopic (exact) mass is 1120 g/mol. The molecule has 0 rings (SSSR count). The minimum atomic E-state index is -1.64. The van der Waals surface area contributed by atoms with E-state index in [2.05, 4.69) is 172 Å². The van der Waals surface area contributed by atoms with Crippen LogP contribution < -0.4 is 5.11 Å². The molecule has 9 nitrogen and oxygen atoms in total. The first-order chi connectivity index (χ1) is 39.6. The van der Waals surface area contributed by atoms with Gasteiger partial charge >= 0.3 is 11.9 Å². The molecule has 81 heavy (non-hydrogen) atoms. The minimum absolute atomic E-state index is 0.133. The Morgan fingerprint density at radius 3 is 1.01 bits per heavy atom. The molecule has 0 aliphatic heterocycles. The van der Waals surface area contributed by atoms with Crippen molar-refractivity contribution in [1.82, 2.24) is 0 Å². The molecule has 0 N–H and O–H groups in total. The number of carboxylic acids is 1. The van der Waals surface area contributed by atoms with Gasteiger partial charge in [0.25, 0.3) is 0 Å². The highest BCUT2D eigenvalue weighted by Gasteiger charge is 2.22. The zero-order valence-electron chi connectivity index (χ0n) is 51.8. The summed E-state index contributed by atoms with van der Waals surface area (Å²) in [5.74, 6) is -2.36. The molecule has 0 radical (unpaired) electrons. The van der Waals surface area contributed by atoms with Crippen molar-refractivity contribution in [3.8, 4) is 0 Å². The van der Waals surface area contributed by atoms with E-state index in [0.717, 1.165) is 116 Å². The summed E-state index contributed by atoms with van der Waals surface area (Å²) in [7, 11) is 5.90. The molecule has 0 bridgehead atoms. The van der Waals surface area contributed by atoms with E-state index in [-0.39, 0.29) is 32.7 Å². The summed E-state index contributed by atoms with van der Waals surface area (Å²) in [5, 5.41) is 11.8. The quantitative estimate of drug-likeness (QED) is 0.0195. The van der Waals surface area contributed by atoms with Crippen LogP contribution in [0, 0.1) is 0 Å². The Hall–Kier alpha value is -5.09. The second kappa shape index (κ2) is 61.0. The molecular formula is C72H115NO8. The van der Waals surface area contributed by atoms with Crippen LogP contribution >= 0.6 is 0 Å². The summed E-state index contributed by atoms with van der Waals surface area (Å²) in [6.07, 6.45) is 87.5. The minimum Gasteiger partial charge on any atom is -0.545 e. The summed E-state index contributed by atoms with van der Waals surface area (Å²) in [5.41, 5.74) is 0. The van der Waals surface area contributed by atoms with Gasteiger partial charge in [0.1, 0.15) is 13.2 Å². The van der Waals surface area contributed by atoms with E-state index < -0.39 is 30.3 Å². The standard InChI is InChI=1S/C72H115NO8/c1-6-8-10-12-14-16-18-20-22-23-24-25-26-27-28-29-30-31-32-33-34-35-36-37-38-39-40-41-42-43-44-45-46-47-49-51-53-55-57-59-61-63-70(75)81-68(67-80-72(71(76)77)78-65-64-73(3,4)5)66-79-69(74)62-60-58-56-54-52-50-48-21-19-17-15-13-11-9-7-2/h8-11,14-17,20-22,24-25,27-28,30-31,33-34,36-37,39-40,48,52,54,68,72H,6-7,12-13,18-19,23,26,29,32,35,38,41-47,49-51,53,55-67H2,1-5H3/b10-8-,11-9-,16-14-,17-15-,22-20-,25-24-,28-27-,31-30-,34-33-,37-36-,40-39-,48-21-,54-52-. The molecule has 0 spiro atoms. The first kappa shape index (κ1) is 75.9. The SMILES string of the molecule is CC/C=C\C/C=C\C/C=C\C/C=C\C/C=C\C/C=C\C/C=C\C/C=C\C/C=C\CCCCCCCCCCCCCCCC(=O)OC(COC(=O)CCCC/C=C\C/C=C\C/C=C\C/C=C\CC)COC(OCC[N+](C)(C)C)C(=O)[O-]. The van der Waals surface area contributed by atoms with E-state index in [9.17, 15) is 19.5 Å². The number of hydrogen-bond donors (Lipinski definition) is 0. The maximum Gasteiger partial charge on any atom is 0.306 e. The Kier molecular flexibility index (Phi) is 57.2. The molecule has 0 saturated heterocycles. The number of ether oxygens (including phenoxy) is 4. The van der Waals surface area contributed by atoms with Crippen molar-refractivity contribution in [3.05, 3.63) is 158 Å². The number of carbonyl (C=O) groups is 3. The maximum atomic E-state index is 12.9. The smallest absolute Gasteiger partial charge is 0.306 e. The van der Waals surface area contributed by atoms with Gasteiger partial charge in [-0.25, -0.2) is 0 Å². The Morgan fingerprint density at radius 1 is 0.370 bits per heavy atom. The fraction of sp³-hybridized carbons (Fsp3) is 0.597. The van der Waals surface area contributed by atoms with Crippen molar-refractivity contribution in [2.24, 2.45) is 0 Å². The van der Waals surface area contributed by atoms with Gasteiger partial charge in [-0.05, 0) is 122 Å². The number of carbonyl (C=O) groups excluding carboxylic acids is 3. The third-order valence-corrected chi connectivity index (χ3v) is 12.8. The normalized spacial score (nSPS) is 13.8. The number of nitrogens with zero attached hydrogens (tertiary/aromatic N) is 1. The van der Waals surface area contributed by atoms with Crippen LogP contribution in [0.1, 0.15) is 219 Å². The number of hydrogen-bond acceptors (Lipinski definition) is 8. The Balaban J connectivity index is 4.13. The number of carboxylic acid groups (broad SMARTS) is 1. The van der Waals surface area contributed by atoms with Crippen molar-refractivity contribution in [1.29, 1.82) is 0 Å². The van der Waals surface area contributed by atoms with Gasteiger partial charge in [-0.1, -0.05) is 242 Å². The molecule has 9 heteroatoms. The molecule has 0 aromatic rings. The summed E-state index contributed by atoms with van der Waals surface area (Å²) in [6, 6.07) is 0. The summed E-state index contributed by atoms with van der Waals surface area (Å²) >= 11 is 0. The number of rotatable bonds is 56. The van der Waals surface area contributed by atoms with E-state index in [1.165, 1.54) is 64.2 Å². The van der Waals surface area contributed by atoms with Crippen molar-refractivity contribution in [2.75, 3.05) is 47.5 Å². The molecule has 0 heterocycles. The van der Waals surface area contributed by atoms with Gasteiger partial charge in [0, 0.05) is 12.8 Å². The molecule has 0 aliphatic carbocycles. The predicted octanol–water partition coefficient (Wildman–Crippen LogP) is 18.0. The number of unbranched alkanes of at least 4 members (excludes halogenated alkanes) is 15. The van der Waals surface area contributed by atoms with Gasteiger partial charge in [0.05, 0.1) is 40.3 Å². The molecule has 0 aliphatic rings. The highest BCUT2D eigenvalue weighted by molar-refractivity contribution is 5.70. The molecule has 2 unspecified atom stereocenters. The van der Waals surface area contributed by atoms with Crippen LogP contribution in [-0.4, -0.2) is 82.3 Å². The van der Waals surface area contributed by atoms with Gasteiger partial charge in [-0.2, -0.15) is 0 Å². The summed E-state index contributed by atoms with van der Waals surface area (Å²) in [4.78, 5) is 37.3. The lowest BCUT2D eigenvalue weighted by atomic mass is 10.0. The second-order valence-corrected chi connectivity index (χ2v) is 21.6. The fourth-order valence-electron chi connectivity index (χ4n) is 7.99. The zero-order chi connectivity index (χ0) is 59.1.